The van der Waals surface area contributed by atoms with Crippen molar-refractivity contribution in [1.29, 1.82) is 0 Å². The standard InChI is InChI=1S/C20H25N3O/c1-16-7-6-8-17(2)20(16)21-19(24)15-22-11-13-23(14-12-22)18-9-4-3-5-10-18/h3-10H,11-15H2,1-2H3,(H,21,24). The lowest BCUT2D eigenvalue weighted by atomic mass is 10.1. The van der Waals surface area contributed by atoms with E-state index in [1.165, 1.54) is 5.69 Å². The number of benzene rings is 2. The van der Waals surface area contributed by atoms with E-state index in [4.69, 9.17) is 0 Å². The topological polar surface area (TPSA) is 35.6 Å². The molecule has 0 radical (unpaired) electrons. The minimum absolute atomic E-state index is 0.0700. The van der Waals surface area contributed by atoms with Crippen LogP contribution in [0.3, 0.4) is 0 Å². The van der Waals surface area contributed by atoms with Crippen molar-refractivity contribution in [2.45, 2.75) is 13.8 Å². The van der Waals surface area contributed by atoms with Crippen molar-refractivity contribution >= 4 is 17.3 Å². The van der Waals surface area contributed by atoms with Crippen molar-refractivity contribution in [2.24, 2.45) is 0 Å². The van der Waals surface area contributed by atoms with Gasteiger partial charge in [-0.2, -0.15) is 0 Å². The van der Waals surface area contributed by atoms with Gasteiger partial charge in [-0.15, -0.1) is 0 Å². The zero-order valence-electron chi connectivity index (χ0n) is 14.5. The number of carbonyl (C=O) groups excluding carboxylic acids is 1. The van der Waals surface area contributed by atoms with Gasteiger partial charge in [-0.05, 0) is 37.1 Å². The van der Waals surface area contributed by atoms with Crippen molar-refractivity contribution in [3.05, 3.63) is 59.7 Å². The van der Waals surface area contributed by atoms with Crippen LogP contribution < -0.4 is 10.2 Å². The molecular formula is C20H25N3O. The molecule has 1 amide bonds. The summed E-state index contributed by atoms with van der Waals surface area (Å²) in [7, 11) is 0. The maximum Gasteiger partial charge on any atom is 0.238 e. The third-order valence-electron chi connectivity index (χ3n) is 4.61. The van der Waals surface area contributed by atoms with Crippen molar-refractivity contribution < 1.29 is 4.79 Å². The van der Waals surface area contributed by atoms with Crippen molar-refractivity contribution in [2.75, 3.05) is 42.9 Å². The van der Waals surface area contributed by atoms with Crippen LogP contribution in [0, 0.1) is 13.8 Å². The van der Waals surface area contributed by atoms with Gasteiger partial charge in [0.25, 0.3) is 0 Å². The third kappa shape index (κ3) is 3.95. The van der Waals surface area contributed by atoms with Crippen LogP contribution in [-0.4, -0.2) is 43.5 Å². The van der Waals surface area contributed by atoms with Gasteiger partial charge >= 0.3 is 0 Å². The average Bonchev–Trinajstić information content (AvgIpc) is 2.60. The molecule has 0 bridgehead atoms. The fourth-order valence-electron chi connectivity index (χ4n) is 3.20. The Labute approximate surface area is 144 Å². The number of nitrogens with zero attached hydrogens (tertiary/aromatic N) is 2. The number of nitrogens with one attached hydrogen (secondary N) is 1. The number of carbonyl (C=O) groups is 1. The molecule has 126 valence electrons. The molecule has 0 saturated carbocycles. The maximum atomic E-state index is 12.4. The summed E-state index contributed by atoms with van der Waals surface area (Å²) in [5, 5.41) is 3.07. The van der Waals surface area contributed by atoms with E-state index in [0.717, 1.165) is 43.0 Å². The highest BCUT2D eigenvalue weighted by Crippen LogP contribution is 2.19. The Bertz CT molecular complexity index is 671. The molecule has 3 rings (SSSR count). The van der Waals surface area contributed by atoms with E-state index in [2.05, 4.69) is 39.4 Å². The Hall–Kier alpha value is -2.33. The van der Waals surface area contributed by atoms with Crippen molar-refractivity contribution in [3.8, 4) is 0 Å². The van der Waals surface area contributed by atoms with E-state index in [-0.39, 0.29) is 5.91 Å². The molecule has 0 aromatic heterocycles. The van der Waals surface area contributed by atoms with E-state index in [9.17, 15) is 4.79 Å². The molecule has 2 aromatic carbocycles. The molecule has 1 N–H and O–H groups in total. The second kappa shape index (κ2) is 7.49. The van der Waals surface area contributed by atoms with E-state index < -0.39 is 0 Å². The zero-order valence-corrected chi connectivity index (χ0v) is 14.5. The number of hydrogen-bond acceptors (Lipinski definition) is 3. The fourth-order valence-corrected chi connectivity index (χ4v) is 3.20. The second-order valence-corrected chi connectivity index (χ2v) is 6.41. The molecule has 0 unspecified atom stereocenters. The quantitative estimate of drug-likeness (QED) is 0.939. The van der Waals surface area contributed by atoms with Crippen molar-refractivity contribution in [1.82, 2.24) is 4.90 Å². The van der Waals surface area contributed by atoms with Gasteiger partial charge in [0.2, 0.25) is 5.91 Å². The van der Waals surface area contributed by atoms with Crippen LogP contribution in [0.1, 0.15) is 11.1 Å². The molecule has 24 heavy (non-hydrogen) atoms. The minimum atomic E-state index is 0.0700. The number of anilines is 2. The molecule has 1 heterocycles. The van der Waals surface area contributed by atoms with Gasteiger partial charge in [0, 0.05) is 37.6 Å². The summed E-state index contributed by atoms with van der Waals surface area (Å²) in [5.74, 6) is 0.0700. The Morgan fingerprint density at radius 3 is 2.17 bits per heavy atom. The van der Waals surface area contributed by atoms with Crippen LogP contribution in [0.5, 0.6) is 0 Å². The number of aryl methyl sites for hydroxylation is 2. The molecule has 1 saturated heterocycles. The lowest BCUT2D eigenvalue weighted by Gasteiger charge is -2.35. The summed E-state index contributed by atoms with van der Waals surface area (Å²) in [4.78, 5) is 17.0. The Balaban J connectivity index is 1.52. The van der Waals surface area contributed by atoms with Gasteiger partial charge in [-0.3, -0.25) is 9.69 Å². The van der Waals surface area contributed by atoms with Crippen LogP contribution in [-0.2, 0) is 4.79 Å². The summed E-state index contributed by atoms with van der Waals surface area (Å²) in [6.45, 7) is 8.25. The normalized spacial score (nSPS) is 15.3. The van der Waals surface area contributed by atoms with Gasteiger partial charge in [0.1, 0.15) is 0 Å². The molecule has 4 heteroatoms. The van der Waals surface area contributed by atoms with Gasteiger partial charge in [0.15, 0.2) is 0 Å². The van der Waals surface area contributed by atoms with E-state index in [0.29, 0.717) is 6.54 Å². The SMILES string of the molecule is Cc1cccc(C)c1NC(=O)CN1CCN(c2ccccc2)CC1. The second-order valence-electron chi connectivity index (χ2n) is 6.41. The first kappa shape index (κ1) is 16.5. The van der Waals surface area contributed by atoms with Gasteiger partial charge < -0.3 is 10.2 Å². The summed E-state index contributed by atoms with van der Waals surface area (Å²) in [5.41, 5.74) is 4.43. The van der Waals surface area contributed by atoms with E-state index in [1.807, 2.05) is 38.1 Å². The molecule has 1 aliphatic rings. The Morgan fingerprint density at radius 2 is 1.54 bits per heavy atom. The van der Waals surface area contributed by atoms with Crippen LogP contribution in [0.25, 0.3) is 0 Å². The zero-order chi connectivity index (χ0) is 16.9. The highest BCUT2D eigenvalue weighted by molar-refractivity contribution is 5.93. The lowest BCUT2D eigenvalue weighted by Crippen LogP contribution is -2.48. The lowest BCUT2D eigenvalue weighted by molar-refractivity contribution is -0.117. The summed E-state index contributed by atoms with van der Waals surface area (Å²) in [6, 6.07) is 16.5. The smallest absolute Gasteiger partial charge is 0.238 e. The van der Waals surface area contributed by atoms with Gasteiger partial charge in [-0.1, -0.05) is 36.4 Å². The highest BCUT2D eigenvalue weighted by Gasteiger charge is 2.19. The van der Waals surface area contributed by atoms with Crippen LogP contribution in [0.15, 0.2) is 48.5 Å². The molecular weight excluding hydrogens is 298 g/mol. The predicted octanol–water partition coefficient (Wildman–Crippen LogP) is 3.06. The van der Waals surface area contributed by atoms with Gasteiger partial charge in [0.05, 0.1) is 6.54 Å². The third-order valence-corrected chi connectivity index (χ3v) is 4.61. The predicted molar refractivity (Wildman–Crippen MR) is 99.6 cm³/mol. The molecule has 0 spiro atoms. The first-order chi connectivity index (χ1) is 11.6. The minimum Gasteiger partial charge on any atom is -0.369 e. The number of hydrogen-bond donors (Lipinski definition) is 1. The first-order valence-electron chi connectivity index (χ1n) is 8.52. The maximum absolute atomic E-state index is 12.4. The average molecular weight is 323 g/mol. The molecule has 0 aliphatic carbocycles. The Morgan fingerprint density at radius 1 is 0.917 bits per heavy atom. The number of piperazine rings is 1. The molecule has 1 fully saturated rings. The molecule has 4 nitrogen and oxygen atoms in total. The van der Waals surface area contributed by atoms with Crippen LogP contribution in [0.4, 0.5) is 11.4 Å². The Kier molecular flexibility index (Phi) is 5.16. The van der Waals surface area contributed by atoms with E-state index >= 15 is 0 Å². The molecule has 2 aromatic rings. The fraction of sp³-hybridized carbons (Fsp3) is 0.350. The monoisotopic (exact) mass is 323 g/mol. The summed E-state index contributed by atoms with van der Waals surface area (Å²) >= 11 is 0. The summed E-state index contributed by atoms with van der Waals surface area (Å²) < 4.78 is 0. The largest absolute Gasteiger partial charge is 0.369 e. The summed E-state index contributed by atoms with van der Waals surface area (Å²) in [6.07, 6.45) is 0. The molecule has 0 atom stereocenters. The van der Waals surface area contributed by atoms with Crippen molar-refractivity contribution in [3.63, 3.8) is 0 Å². The number of amides is 1. The van der Waals surface area contributed by atoms with E-state index in [1.54, 1.807) is 0 Å². The van der Waals surface area contributed by atoms with Crippen LogP contribution >= 0.6 is 0 Å². The van der Waals surface area contributed by atoms with Gasteiger partial charge in [-0.25, -0.2) is 0 Å². The number of para-hydroxylation sites is 2. The first-order valence-corrected chi connectivity index (χ1v) is 8.52. The van der Waals surface area contributed by atoms with Crippen LogP contribution in [0.2, 0.25) is 0 Å². The number of rotatable bonds is 4. The highest BCUT2D eigenvalue weighted by atomic mass is 16.2. The molecule has 1 aliphatic heterocycles.